The Kier molecular flexibility index (Phi) is 4.81. The molecular weight excluding hydrogens is 324 g/mol. The van der Waals surface area contributed by atoms with Crippen molar-refractivity contribution in [2.75, 3.05) is 6.61 Å². The largest absolute Gasteiger partial charge is 0.506 e. The lowest BCUT2D eigenvalue weighted by Gasteiger charge is -2.13. The summed E-state index contributed by atoms with van der Waals surface area (Å²) in [6, 6.07) is 1.64. The third kappa shape index (κ3) is 2.87. The molecule has 5 heteroatoms. The molecule has 0 amide bonds. The Hall–Kier alpha value is -1.36. The average Bonchev–Trinajstić information content (AvgIpc) is 2.67. The molecule has 0 heterocycles. The van der Waals surface area contributed by atoms with Crippen LogP contribution in [0.4, 0.5) is 0 Å². The smallest absolute Gasteiger partial charge is 0.379 e. The highest BCUT2D eigenvalue weighted by Gasteiger charge is 2.26. The van der Waals surface area contributed by atoms with Crippen LogP contribution in [-0.4, -0.2) is 23.5 Å². The molecule has 0 atom stereocenters. The molecule has 1 aliphatic carbocycles. The number of hydrogen-bond acceptors (Lipinski definition) is 4. The Balaban J connectivity index is 2.45. The summed E-state index contributed by atoms with van der Waals surface area (Å²) in [6.07, 6.45) is 4.98. The fourth-order valence-electron chi connectivity index (χ4n) is 2.50. The number of carbonyl (C=O) groups excluding carboxylic acids is 2. The molecule has 2 rings (SSSR count). The number of phenols is 1. The van der Waals surface area contributed by atoms with Crippen molar-refractivity contribution in [1.82, 2.24) is 0 Å². The number of Topliss-reactive ketones (excluding diaryl/α,β-unsaturated/α-hetero) is 1. The molecule has 108 valence electrons. The number of carbonyl (C=O) groups is 2. The monoisotopic (exact) mass is 340 g/mol. The van der Waals surface area contributed by atoms with Crippen LogP contribution in [0.3, 0.4) is 0 Å². The van der Waals surface area contributed by atoms with E-state index in [0.29, 0.717) is 4.47 Å². The summed E-state index contributed by atoms with van der Waals surface area (Å²) in [7, 11) is 0. The molecule has 1 N–H and O–H groups in total. The standard InChI is InChI=1S/C15H17BrO4/c1-2-20-15(19)14(18)11-8-9-6-4-3-5-7-10(9)12(16)13(11)17/h8,17H,2-7H2,1H3. The van der Waals surface area contributed by atoms with Gasteiger partial charge in [-0.05, 0) is 65.7 Å². The van der Waals surface area contributed by atoms with Crippen molar-refractivity contribution in [3.05, 3.63) is 27.2 Å². The summed E-state index contributed by atoms with van der Waals surface area (Å²) in [5.74, 6) is -1.89. The van der Waals surface area contributed by atoms with Gasteiger partial charge < -0.3 is 9.84 Å². The molecule has 20 heavy (non-hydrogen) atoms. The molecule has 0 saturated carbocycles. The van der Waals surface area contributed by atoms with E-state index in [-0.39, 0.29) is 17.9 Å². The summed E-state index contributed by atoms with van der Waals surface area (Å²) < 4.78 is 5.24. The van der Waals surface area contributed by atoms with Crippen LogP contribution in [0.5, 0.6) is 5.75 Å². The van der Waals surface area contributed by atoms with Crippen molar-refractivity contribution in [1.29, 1.82) is 0 Å². The van der Waals surface area contributed by atoms with E-state index in [2.05, 4.69) is 15.9 Å². The quantitative estimate of drug-likeness (QED) is 0.397. The van der Waals surface area contributed by atoms with Gasteiger partial charge in [-0.15, -0.1) is 0 Å². The van der Waals surface area contributed by atoms with Crippen LogP contribution < -0.4 is 0 Å². The van der Waals surface area contributed by atoms with E-state index in [4.69, 9.17) is 4.74 Å². The second-order valence-electron chi connectivity index (χ2n) is 4.83. The van der Waals surface area contributed by atoms with Gasteiger partial charge in [0.1, 0.15) is 5.75 Å². The second-order valence-corrected chi connectivity index (χ2v) is 5.63. The average molecular weight is 341 g/mol. The predicted molar refractivity (Wildman–Crippen MR) is 78.0 cm³/mol. The van der Waals surface area contributed by atoms with E-state index < -0.39 is 11.8 Å². The van der Waals surface area contributed by atoms with Crippen molar-refractivity contribution in [3.8, 4) is 5.75 Å². The van der Waals surface area contributed by atoms with Gasteiger partial charge in [0.25, 0.3) is 5.78 Å². The Morgan fingerprint density at radius 2 is 2.00 bits per heavy atom. The summed E-state index contributed by atoms with van der Waals surface area (Å²) in [6.45, 7) is 1.77. The minimum Gasteiger partial charge on any atom is -0.506 e. The predicted octanol–water partition coefficient (Wildman–Crippen LogP) is 3.17. The molecule has 0 aromatic heterocycles. The van der Waals surface area contributed by atoms with Gasteiger partial charge in [-0.25, -0.2) is 4.79 Å². The molecule has 1 aromatic carbocycles. The zero-order valence-electron chi connectivity index (χ0n) is 11.4. The van der Waals surface area contributed by atoms with E-state index in [1.54, 1.807) is 13.0 Å². The van der Waals surface area contributed by atoms with Crippen LogP contribution in [0, 0.1) is 0 Å². The van der Waals surface area contributed by atoms with Crippen molar-refractivity contribution in [3.63, 3.8) is 0 Å². The molecule has 0 fully saturated rings. The maximum absolute atomic E-state index is 12.0. The van der Waals surface area contributed by atoms with E-state index in [1.807, 2.05) is 0 Å². The number of rotatable bonds is 3. The molecule has 0 radical (unpaired) electrons. The lowest BCUT2D eigenvalue weighted by molar-refractivity contribution is -0.137. The molecule has 0 bridgehead atoms. The number of aryl methyl sites for hydroxylation is 1. The Morgan fingerprint density at radius 1 is 1.30 bits per heavy atom. The molecule has 0 spiro atoms. The Bertz CT molecular complexity index is 551. The molecule has 1 aliphatic rings. The lowest BCUT2D eigenvalue weighted by Crippen LogP contribution is -2.18. The SMILES string of the molecule is CCOC(=O)C(=O)c1cc2c(c(Br)c1O)CCCCC2. The number of benzene rings is 1. The maximum Gasteiger partial charge on any atom is 0.379 e. The summed E-state index contributed by atoms with van der Waals surface area (Å²) in [5, 5.41) is 10.2. The number of phenolic OH excluding ortho intramolecular Hbond substituents is 1. The number of aromatic hydroxyl groups is 1. The van der Waals surface area contributed by atoms with E-state index in [0.717, 1.165) is 43.2 Å². The number of fused-ring (bicyclic) bond motifs is 1. The van der Waals surface area contributed by atoms with E-state index in [9.17, 15) is 14.7 Å². The molecule has 0 saturated heterocycles. The Morgan fingerprint density at radius 3 is 2.70 bits per heavy atom. The highest BCUT2D eigenvalue weighted by molar-refractivity contribution is 9.10. The van der Waals surface area contributed by atoms with Crippen LogP contribution in [0.2, 0.25) is 0 Å². The first-order valence-corrected chi connectivity index (χ1v) is 7.60. The summed E-state index contributed by atoms with van der Waals surface area (Å²) in [4.78, 5) is 23.6. The molecule has 4 nitrogen and oxygen atoms in total. The van der Waals surface area contributed by atoms with Gasteiger partial charge in [0.2, 0.25) is 0 Å². The van der Waals surface area contributed by atoms with Crippen LogP contribution in [0.25, 0.3) is 0 Å². The van der Waals surface area contributed by atoms with Gasteiger partial charge in [0.05, 0.1) is 16.6 Å². The lowest BCUT2D eigenvalue weighted by atomic mass is 9.97. The molecule has 0 unspecified atom stereocenters. The van der Waals surface area contributed by atoms with Crippen molar-refractivity contribution < 1.29 is 19.4 Å². The van der Waals surface area contributed by atoms with Crippen LogP contribution >= 0.6 is 15.9 Å². The number of esters is 1. The maximum atomic E-state index is 12.0. The molecule has 1 aromatic rings. The zero-order valence-corrected chi connectivity index (χ0v) is 13.0. The van der Waals surface area contributed by atoms with Gasteiger partial charge in [0, 0.05) is 0 Å². The summed E-state index contributed by atoms with van der Waals surface area (Å²) >= 11 is 3.35. The third-order valence-electron chi connectivity index (χ3n) is 3.51. The van der Waals surface area contributed by atoms with Crippen molar-refractivity contribution in [2.45, 2.75) is 39.0 Å². The normalized spacial score (nSPS) is 14.3. The number of hydrogen-bond donors (Lipinski definition) is 1. The van der Waals surface area contributed by atoms with E-state index in [1.165, 1.54) is 0 Å². The minimum absolute atomic E-state index is 0.0241. The molecular formula is C15H17BrO4. The van der Waals surface area contributed by atoms with Gasteiger partial charge in [-0.3, -0.25) is 4.79 Å². The van der Waals surface area contributed by atoms with E-state index >= 15 is 0 Å². The highest BCUT2D eigenvalue weighted by atomic mass is 79.9. The zero-order chi connectivity index (χ0) is 14.7. The van der Waals surface area contributed by atoms with Crippen molar-refractivity contribution in [2.24, 2.45) is 0 Å². The first-order valence-electron chi connectivity index (χ1n) is 6.81. The van der Waals surface area contributed by atoms with Crippen molar-refractivity contribution >= 4 is 27.7 Å². The fraction of sp³-hybridized carbons (Fsp3) is 0.467. The first-order chi connectivity index (χ1) is 9.56. The van der Waals surface area contributed by atoms with Crippen LogP contribution in [0.1, 0.15) is 47.7 Å². The highest BCUT2D eigenvalue weighted by Crippen LogP contribution is 2.37. The van der Waals surface area contributed by atoms with Crippen LogP contribution in [0.15, 0.2) is 10.5 Å². The number of ketones is 1. The number of ether oxygens (including phenoxy) is 1. The fourth-order valence-corrected chi connectivity index (χ4v) is 3.17. The molecule has 0 aliphatic heterocycles. The minimum atomic E-state index is -0.928. The number of halogens is 1. The Labute approximate surface area is 126 Å². The van der Waals surface area contributed by atoms with Gasteiger partial charge in [0.15, 0.2) is 0 Å². The second kappa shape index (κ2) is 6.39. The third-order valence-corrected chi connectivity index (χ3v) is 4.37. The van der Waals surface area contributed by atoms with Gasteiger partial charge in [-0.2, -0.15) is 0 Å². The van der Waals surface area contributed by atoms with Gasteiger partial charge in [-0.1, -0.05) is 6.42 Å². The summed E-state index contributed by atoms with van der Waals surface area (Å²) in [5.41, 5.74) is 2.09. The topological polar surface area (TPSA) is 63.6 Å². The first kappa shape index (κ1) is 15.0. The van der Waals surface area contributed by atoms with Gasteiger partial charge >= 0.3 is 5.97 Å². The van der Waals surface area contributed by atoms with Crippen LogP contribution in [-0.2, 0) is 22.4 Å².